The van der Waals surface area contributed by atoms with Gasteiger partial charge in [0.05, 0.1) is 4.47 Å². The number of nitrogens with one attached hydrogen (secondary N) is 2. The second kappa shape index (κ2) is 4.20. The molecule has 70 valence electrons. The van der Waals surface area contributed by atoms with Gasteiger partial charge in [-0.1, -0.05) is 0 Å². The van der Waals surface area contributed by atoms with E-state index in [4.69, 9.17) is 5.11 Å². The van der Waals surface area contributed by atoms with Crippen LogP contribution in [0.25, 0.3) is 0 Å². The van der Waals surface area contributed by atoms with Gasteiger partial charge in [0.15, 0.2) is 0 Å². The third-order valence-electron chi connectivity index (χ3n) is 1.32. The van der Waals surface area contributed by atoms with E-state index in [0.29, 0.717) is 4.47 Å². The van der Waals surface area contributed by atoms with Gasteiger partial charge in [-0.25, -0.2) is 0 Å². The summed E-state index contributed by atoms with van der Waals surface area (Å²) in [6.45, 7) is -0.647. The van der Waals surface area contributed by atoms with E-state index in [1.165, 1.54) is 12.4 Å². The third-order valence-corrected chi connectivity index (χ3v) is 1.91. The van der Waals surface area contributed by atoms with Crippen LogP contribution in [0.4, 0.5) is 5.69 Å². The number of pyridine rings is 1. The van der Waals surface area contributed by atoms with Crippen LogP contribution in [0, 0.1) is 0 Å². The first kappa shape index (κ1) is 9.94. The molecular weight excluding hydrogens is 240 g/mol. The normalized spacial score (nSPS) is 9.69. The summed E-state index contributed by atoms with van der Waals surface area (Å²) in [5.74, 6) is -0.622. The fraction of sp³-hybridized carbons (Fsp3) is 0.143. The number of hydrogen-bond donors (Lipinski definition) is 3. The van der Waals surface area contributed by atoms with Crippen molar-refractivity contribution in [3.63, 3.8) is 0 Å². The predicted molar refractivity (Wildman–Crippen MR) is 50.5 cm³/mol. The maximum Gasteiger partial charge on any atom is 0.250 e. The lowest BCUT2D eigenvalue weighted by Gasteiger charge is -2.01. The molecule has 0 bridgehead atoms. The summed E-state index contributed by atoms with van der Waals surface area (Å²) < 4.78 is 0.322. The third kappa shape index (κ3) is 2.40. The number of aromatic amines is 1. The number of hydrogen-bond acceptors (Lipinski definition) is 3. The molecule has 6 heteroatoms. The Morgan fingerprint density at radius 2 is 2.31 bits per heavy atom. The molecule has 0 fully saturated rings. The van der Waals surface area contributed by atoms with E-state index in [-0.39, 0.29) is 11.1 Å². The van der Waals surface area contributed by atoms with Crippen LogP contribution < -0.4 is 10.7 Å². The lowest BCUT2D eigenvalue weighted by Crippen LogP contribution is -2.21. The molecule has 1 aromatic rings. The van der Waals surface area contributed by atoms with Crippen LogP contribution in [0.15, 0.2) is 21.7 Å². The highest BCUT2D eigenvalue weighted by atomic mass is 79.9. The van der Waals surface area contributed by atoms with E-state index in [0.717, 1.165) is 0 Å². The van der Waals surface area contributed by atoms with Crippen molar-refractivity contribution >= 4 is 27.5 Å². The molecule has 3 N–H and O–H groups in total. The summed E-state index contributed by atoms with van der Waals surface area (Å²) in [6.07, 6.45) is 2.80. The fourth-order valence-electron chi connectivity index (χ4n) is 0.740. The first-order valence-corrected chi connectivity index (χ1v) is 4.21. The molecule has 13 heavy (non-hydrogen) atoms. The minimum atomic E-state index is -0.647. The second-order valence-corrected chi connectivity index (χ2v) is 3.11. The number of halogens is 1. The zero-order valence-corrected chi connectivity index (χ0v) is 8.09. The average molecular weight is 247 g/mol. The standard InChI is InChI=1S/C7H7BrN2O3/c8-4-1-9-2-5(7(4)13)10-6(12)3-11/h1-2,11H,3H2,(H,9,13)(H,10,12). The number of aliphatic hydroxyl groups is 1. The van der Waals surface area contributed by atoms with Gasteiger partial charge in [-0.2, -0.15) is 0 Å². The molecule has 0 spiro atoms. The van der Waals surface area contributed by atoms with Crippen LogP contribution in [0.3, 0.4) is 0 Å². The highest BCUT2D eigenvalue weighted by Crippen LogP contribution is 2.04. The van der Waals surface area contributed by atoms with Crippen molar-refractivity contribution in [2.24, 2.45) is 0 Å². The van der Waals surface area contributed by atoms with E-state index in [1.807, 2.05) is 0 Å². The van der Waals surface area contributed by atoms with Crippen molar-refractivity contribution < 1.29 is 9.90 Å². The predicted octanol–water partition coefficient (Wildman–Crippen LogP) is 0.0682. The van der Waals surface area contributed by atoms with E-state index < -0.39 is 12.5 Å². The number of carbonyl (C=O) groups excluding carboxylic acids is 1. The topological polar surface area (TPSA) is 82.2 Å². The van der Waals surface area contributed by atoms with Gasteiger partial charge in [-0.3, -0.25) is 9.59 Å². The van der Waals surface area contributed by atoms with Crippen molar-refractivity contribution in [2.45, 2.75) is 0 Å². The maximum absolute atomic E-state index is 11.3. The Bertz CT molecular complexity index is 374. The van der Waals surface area contributed by atoms with E-state index >= 15 is 0 Å². The van der Waals surface area contributed by atoms with Crippen LogP contribution in [0.2, 0.25) is 0 Å². The summed E-state index contributed by atoms with van der Waals surface area (Å²) in [5.41, 5.74) is -0.228. The fourth-order valence-corrected chi connectivity index (χ4v) is 1.09. The molecule has 1 amide bonds. The molecule has 0 saturated heterocycles. The van der Waals surface area contributed by atoms with Crippen LogP contribution in [-0.4, -0.2) is 22.6 Å². The molecule has 1 rings (SSSR count). The SMILES string of the molecule is O=C(CO)Nc1c[nH]cc(Br)c1=O. The minimum absolute atomic E-state index is 0.105. The molecule has 0 aliphatic carbocycles. The van der Waals surface area contributed by atoms with Crippen molar-refractivity contribution in [3.8, 4) is 0 Å². The van der Waals surface area contributed by atoms with Crippen molar-refractivity contribution in [1.82, 2.24) is 4.98 Å². The Labute approximate surface area is 81.9 Å². The Hall–Kier alpha value is -1.14. The number of amides is 1. The van der Waals surface area contributed by atoms with E-state index in [9.17, 15) is 9.59 Å². The van der Waals surface area contributed by atoms with Gasteiger partial charge >= 0.3 is 0 Å². The Morgan fingerprint density at radius 1 is 1.62 bits per heavy atom. The Kier molecular flexibility index (Phi) is 3.21. The monoisotopic (exact) mass is 246 g/mol. The number of rotatable bonds is 2. The van der Waals surface area contributed by atoms with E-state index in [2.05, 4.69) is 26.2 Å². The smallest absolute Gasteiger partial charge is 0.250 e. The molecule has 0 aliphatic rings. The van der Waals surface area contributed by atoms with Crippen molar-refractivity contribution in [3.05, 3.63) is 27.1 Å². The molecule has 1 aromatic heterocycles. The summed E-state index contributed by atoms with van der Waals surface area (Å²) >= 11 is 3.00. The molecule has 0 aromatic carbocycles. The summed E-state index contributed by atoms with van der Waals surface area (Å²) in [6, 6.07) is 0. The quantitative estimate of drug-likeness (QED) is 0.691. The van der Waals surface area contributed by atoms with Crippen LogP contribution >= 0.6 is 15.9 Å². The summed E-state index contributed by atoms with van der Waals surface area (Å²) in [7, 11) is 0. The highest BCUT2D eigenvalue weighted by molar-refractivity contribution is 9.10. The maximum atomic E-state index is 11.3. The van der Waals surface area contributed by atoms with Gasteiger partial charge in [-0.15, -0.1) is 0 Å². The number of aliphatic hydroxyl groups excluding tert-OH is 1. The number of H-pyrrole nitrogens is 1. The average Bonchev–Trinajstić information content (AvgIpc) is 2.13. The first-order valence-electron chi connectivity index (χ1n) is 3.42. The number of aromatic nitrogens is 1. The second-order valence-electron chi connectivity index (χ2n) is 2.25. The Balaban J connectivity index is 2.96. The molecule has 5 nitrogen and oxygen atoms in total. The zero-order valence-electron chi connectivity index (χ0n) is 6.50. The molecule has 0 saturated carbocycles. The molecule has 1 heterocycles. The van der Waals surface area contributed by atoms with Crippen molar-refractivity contribution in [2.75, 3.05) is 11.9 Å². The van der Waals surface area contributed by atoms with Gasteiger partial charge in [0.25, 0.3) is 0 Å². The van der Waals surface area contributed by atoms with Crippen LogP contribution in [0.1, 0.15) is 0 Å². The molecule has 0 aliphatic heterocycles. The highest BCUT2D eigenvalue weighted by Gasteiger charge is 2.05. The molecule has 0 atom stereocenters. The van der Waals surface area contributed by atoms with Gasteiger partial charge in [-0.05, 0) is 15.9 Å². The zero-order chi connectivity index (χ0) is 9.84. The number of anilines is 1. The Morgan fingerprint density at radius 3 is 2.92 bits per heavy atom. The lowest BCUT2D eigenvalue weighted by molar-refractivity contribution is -0.118. The van der Waals surface area contributed by atoms with Gasteiger partial charge < -0.3 is 15.4 Å². The van der Waals surface area contributed by atoms with Gasteiger partial charge in [0, 0.05) is 12.4 Å². The largest absolute Gasteiger partial charge is 0.387 e. The minimum Gasteiger partial charge on any atom is -0.387 e. The summed E-state index contributed by atoms with van der Waals surface area (Å²) in [4.78, 5) is 24.6. The lowest BCUT2D eigenvalue weighted by atomic mass is 10.4. The van der Waals surface area contributed by atoms with Gasteiger partial charge in [0.2, 0.25) is 11.3 Å². The molecular formula is C7H7BrN2O3. The van der Waals surface area contributed by atoms with Crippen LogP contribution in [0.5, 0.6) is 0 Å². The number of carbonyl (C=O) groups is 1. The van der Waals surface area contributed by atoms with E-state index in [1.54, 1.807) is 0 Å². The van der Waals surface area contributed by atoms with Crippen molar-refractivity contribution in [1.29, 1.82) is 0 Å². The molecule has 0 unspecified atom stereocenters. The first-order chi connectivity index (χ1) is 6.15. The molecule has 0 radical (unpaired) electrons. The van der Waals surface area contributed by atoms with Gasteiger partial charge in [0.1, 0.15) is 12.3 Å². The summed E-state index contributed by atoms with van der Waals surface area (Å²) in [5, 5.41) is 10.7. The van der Waals surface area contributed by atoms with Crippen LogP contribution in [-0.2, 0) is 4.79 Å².